The van der Waals surface area contributed by atoms with Gasteiger partial charge in [-0.1, -0.05) is 17.0 Å². The molecule has 3 amide bonds. The van der Waals surface area contributed by atoms with Crippen LogP contribution in [-0.4, -0.2) is 57.0 Å². The fourth-order valence-corrected chi connectivity index (χ4v) is 5.81. The Morgan fingerprint density at radius 1 is 1.26 bits per heavy atom. The Kier molecular flexibility index (Phi) is 9.23. The monoisotopic (exact) mass is 556 g/mol. The number of hydrogen-bond donors (Lipinski definition) is 3. The van der Waals surface area contributed by atoms with Crippen LogP contribution in [0.25, 0.3) is 0 Å². The van der Waals surface area contributed by atoms with E-state index in [0.29, 0.717) is 17.5 Å². The molecule has 4 rings (SSSR count). The average molecular weight is 557 g/mol. The molecule has 39 heavy (non-hydrogen) atoms. The summed E-state index contributed by atoms with van der Waals surface area (Å²) < 4.78 is 9.55. The number of pyridine rings is 1. The van der Waals surface area contributed by atoms with Crippen molar-refractivity contribution in [1.82, 2.24) is 24.8 Å². The fraction of sp³-hybridized carbons (Fsp3) is 0.500. The maximum Gasteiger partial charge on any atom is 0.330 e. The zero-order valence-corrected chi connectivity index (χ0v) is 22.7. The van der Waals surface area contributed by atoms with Crippen molar-refractivity contribution in [2.45, 2.75) is 64.1 Å². The van der Waals surface area contributed by atoms with Crippen molar-refractivity contribution in [3.63, 3.8) is 0 Å². The van der Waals surface area contributed by atoms with Crippen LogP contribution in [0.5, 0.6) is 0 Å². The molecule has 13 heteroatoms. The number of nitrogens with zero attached hydrogens (tertiary/aromatic N) is 3. The Labute approximate surface area is 229 Å². The Morgan fingerprint density at radius 2 is 2.08 bits per heavy atom. The van der Waals surface area contributed by atoms with Crippen molar-refractivity contribution in [1.29, 1.82) is 0 Å². The fourth-order valence-electron chi connectivity index (χ4n) is 5.25. The minimum absolute atomic E-state index is 0.0183. The largest absolute Gasteiger partial charge is 0.466 e. The number of allylic oxidation sites excluding steroid dienone is 1. The second-order valence-corrected chi connectivity index (χ2v) is 10.7. The number of amides is 3. The number of aromatic nitrogens is 3. The maximum atomic E-state index is 13.2. The highest BCUT2D eigenvalue weighted by molar-refractivity contribution is 7.08. The van der Waals surface area contributed by atoms with Gasteiger partial charge in [0.05, 0.1) is 12.8 Å². The number of anilines is 1. The number of rotatable bonds is 11. The molecular weight excluding hydrogens is 524 g/mol. The summed E-state index contributed by atoms with van der Waals surface area (Å²) in [5.41, 5.74) is -0.126. The van der Waals surface area contributed by atoms with E-state index in [4.69, 9.17) is 0 Å². The van der Waals surface area contributed by atoms with Crippen LogP contribution in [0.15, 0.2) is 35.3 Å². The average Bonchev–Trinajstić information content (AvgIpc) is 3.65. The van der Waals surface area contributed by atoms with Crippen molar-refractivity contribution in [3.05, 3.63) is 51.4 Å². The predicted octanol–water partition coefficient (Wildman–Crippen LogP) is 1.56. The van der Waals surface area contributed by atoms with Gasteiger partial charge in [0.1, 0.15) is 23.2 Å². The molecule has 12 nitrogen and oxygen atoms in total. The first-order valence-corrected chi connectivity index (χ1v) is 13.7. The van der Waals surface area contributed by atoms with Gasteiger partial charge in [-0.15, -0.1) is 5.10 Å². The molecule has 2 bridgehead atoms. The van der Waals surface area contributed by atoms with Crippen LogP contribution in [0.4, 0.5) is 5.69 Å². The molecule has 0 aliphatic heterocycles. The molecule has 2 heterocycles. The molecule has 0 saturated heterocycles. The summed E-state index contributed by atoms with van der Waals surface area (Å²) in [7, 11) is 1.25. The number of methoxy groups -OCH3 is 1. The lowest BCUT2D eigenvalue weighted by Gasteiger charge is -2.23. The highest BCUT2D eigenvalue weighted by Crippen LogP contribution is 2.44. The van der Waals surface area contributed by atoms with Gasteiger partial charge < -0.3 is 25.3 Å². The SMILES string of the molecule is COC(=O)/C=C/CC[C@H](NC(=O)c1snnc1C)C(=O)Nc1cccn(CC(=O)N[C@@H]2C[C@@H]3CC[C@H]2C3)c1=O. The molecule has 2 saturated carbocycles. The van der Waals surface area contributed by atoms with Crippen molar-refractivity contribution in [3.8, 4) is 0 Å². The molecule has 0 spiro atoms. The molecule has 2 aromatic heterocycles. The first kappa shape index (κ1) is 28.1. The molecule has 2 aromatic rings. The van der Waals surface area contributed by atoms with E-state index in [1.165, 1.54) is 42.5 Å². The van der Waals surface area contributed by atoms with Gasteiger partial charge in [-0.2, -0.15) is 0 Å². The number of fused-ring (bicyclic) bond motifs is 2. The molecule has 0 radical (unpaired) electrons. The van der Waals surface area contributed by atoms with E-state index < -0.39 is 29.4 Å². The van der Waals surface area contributed by atoms with Crippen LogP contribution < -0.4 is 21.5 Å². The number of aryl methyl sites for hydroxylation is 1. The predicted molar refractivity (Wildman–Crippen MR) is 143 cm³/mol. The van der Waals surface area contributed by atoms with Crippen LogP contribution >= 0.6 is 11.5 Å². The van der Waals surface area contributed by atoms with Gasteiger partial charge in [0.15, 0.2) is 0 Å². The number of carbonyl (C=O) groups excluding carboxylic acids is 4. The highest BCUT2D eigenvalue weighted by Gasteiger charge is 2.40. The summed E-state index contributed by atoms with van der Waals surface area (Å²) in [6.45, 7) is 1.47. The molecule has 0 aromatic carbocycles. The van der Waals surface area contributed by atoms with Gasteiger partial charge in [0.25, 0.3) is 11.5 Å². The first-order chi connectivity index (χ1) is 18.7. The van der Waals surface area contributed by atoms with Crippen LogP contribution in [0.1, 0.15) is 53.9 Å². The van der Waals surface area contributed by atoms with Crippen molar-refractivity contribution >= 4 is 40.9 Å². The molecule has 2 fully saturated rings. The number of nitrogens with one attached hydrogen (secondary N) is 3. The standard InChI is InChI=1S/C26H32N6O6S/c1-15-23(39-31-30-15)25(36)28-18(6-3-4-8-22(34)38-2)24(35)29-19-7-5-11-32(26(19)37)14-21(33)27-20-13-16-9-10-17(20)12-16/h4-5,7-8,11,16-18,20H,3,6,9-10,12-14H2,1-2H3,(H,27,33)(H,28,36)(H,29,35)/b8-4+/t16-,17+,18+,20-/m1/s1. The quantitative estimate of drug-likeness (QED) is 0.278. The minimum Gasteiger partial charge on any atom is -0.466 e. The topological polar surface area (TPSA) is 161 Å². The Bertz CT molecular complexity index is 1320. The van der Waals surface area contributed by atoms with Crippen LogP contribution in [0.3, 0.4) is 0 Å². The first-order valence-electron chi connectivity index (χ1n) is 12.9. The van der Waals surface area contributed by atoms with Gasteiger partial charge >= 0.3 is 5.97 Å². The van der Waals surface area contributed by atoms with Gasteiger partial charge in [-0.05, 0) is 74.5 Å². The van der Waals surface area contributed by atoms with Crippen molar-refractivity contribution in [2.75, 3.05) is 12.4 Å². The van der Waals surface area contributed by atoms with Gasteiger partial charge in [0, 0.05) is 18.3 Å². The number of esters is 1. The molecule has 4 atom stereocenters. The second kappa shape index (κ2) is 12.8. The summed E-state index contributed by atoms with van der Waals surface area (Å²) >= 11 is 0.904. The summed E-state index contributed by atoms with van der Waals surface area (Å²) in [6, 6.07) is 2.14. The van der Waals surface area contributed by atoms with Crippen LogP contribution in [-0.2, 0) is 25.7 Å². The maximum absolute atomic E-state index is 13.2. The van der Waals surface area contributed by atoms with E-state index in [1.807, 2.05) is 0 Å². The third-order valence-corrected chi connectivity index (χ3v) is 8.06. The van der Waals surface area contributed by atoms with E-state index in [2.05, 4.69) is 30.3 Å². The molecule has 2 aliphatic carbocycles. The Morgan fingerprint density at radius 3 is 2.74 bits per heavy atom. The van der Waals surface area contributed by atoms with Crippen molar-refractivity contribution in [2.24, 2.45) is 11.8 Å². The van der Waals surface area contributed by atoms with Crippen LogP contribution in [0, 0.1) is 18.8 Å². The van der Waals surface area contributed by atoms with E-state index >= 15 is 0 Å². The lowest BCUT2D eigenvalue weighted by Crippen LogP contribution is -2.45. The summed E-state index contributed by atoms with van der Waals surface area (Å²) in [5.74, 6) is -0.730. The lowest BCUT2D eigenvalue weighted by atomic mass is 9.95. The van der Waals surface area contributed by atoms with E-state index in [-0.39, 0.29) is 41.9 Å². The normalized spacial score (nSPS) is 20.5. The van der Waals surface area contributed by atoms with Crippen LogP contribution in [0.2, 0.25) is 0 Å². The molecular formula is C26H32N6O6S. The van der Waals surface area contributed by atoms with Gasteiger partial charge in [-0.25, -0.2) is 4.79 Å². The molecule has 2 aliphatic rings. The molecule has 3 N–H and O–H groups in total. The summed E-state index contributed by atoms with van der Waals surface area (Å²) in [6.07, 6.45) is 9.16. The van der Waals surface area contributed by atoms with E-state index in [1.54, 1.807) is 13.0 Å². The smallest absolute Gasteiger partial charge is 0.330 e. The molecule has 208 valence electrons. The zero-order valence-electron chi connectivity index (χ0n) is 21.8. The van der Waals surface area contributed by atoms with E-state index in [9.17, 15) is 24.0 Å². The third kappa shape index (κ3) is 7.16. The summed E-state index contributed by atoms with van der Waals surface area (Å²) in [4.78, 5) is 63.3. The summed E-state index contributed by atoms with van der Waals surface area (Å²) in [5, 5.41) is 12.1. The number of hydrogen-bond acceptors (Lipinski definition) is 9. The van der Waals surface area contributed by atoms with Gasteiger partial charge in [-0.3, -0.25) is 19.2 Å². The van der Waals surface area contributed by atoms with E-state index in [0.717, 1.165) is 30.8 Å². The Balaban J connectivity index is 1.41. The number of carbonyl (C=O) groups is 4. The van der Waals surface area contributed by atoms with Gasteiger partial charge in [0.2, 0.25) is 11.8 Å². The number of ether oxygens (including phenoxy) is 1. The molecule has 0 unspecified atom stereocenters. The highest BCUT2D eigenvalue weighted by atomic mass is 32.1. The second-order valence-electron chi connectivity index (χ2n) is 9.91. The van der Waals surface area contributed by atoms with Crippen molar-refractivity contribution < 1.29 is 23.9 Å². The third-order valence-electron chi connectivity index (χ3n) is 7.23. The Hall–Kier alpha value is -3.87. The lowest BCUT2D eigenvalue weighted by molar-refractivity contribution is -0.134. The minimum atomic E-state index is -1.03. The zero-order chi connectivity index (χ0) is 27.9.